The first-order chi connectivity index (χ1) is 6.61. The normalized spacial score (nSPS) is 10.3. The molecule has 1 aromatic heterocycles. The molecule has 0 atom stereocenters. The number of hydrogen-bond acceptors (Lipinski definition) is 2. The van der Waals surface area contributed by atoms with Crippen molar-refractivity contribution in [2.45, 2.75) is 11.8 Å². The van der Waals surface area contributed by atoms with E-state index in [2.05, 4.69) is 20.9 Å². The highest BCUT2D eigenvalue weighted by Gasteiger charge is 2.19. The lowest BCUT2D eigenvalue weighted by Gasteiger charge is -2.07. The van der Waals surface area contributed by atoms with Crippen LogP contribution in [0.5, 0.6) is 0 Å². The number of rotatable bonds is 2. The van der Waals surface area contributed by atoms with Crippen molar-refractivity contribution in [3.63, 3.8) is 0 Å². The Morgan fingerprint density at radius 3 is 2.71 bits per heavy atom. The third kappa shape index (κ3) is 2.02. The van der Waals surface area contributed by atoms with Gasteiger partial charge in [-0.1, -0.05) is 27.5 Å². The SMILES string of the molecule is N#Cc1c(C(F)F)ncc(Cl)c1CBr. The highest BCUT2D eigenvalue weighted by atomic mass is 79.9. The first-order valence-corrected chi connectivity index (χ1v) is 5.03. The lowest BCUT2D eigenvalue weighted by atomic mass is 10.1. The van der Waals surface area contributed by atoms with E-state index in [-0.39, 0.29) is 15.9 Å². The summed E-state index contributed by atoms with van der Waals surface area (Å²) in [5, 5.41) is 9.16. The maximum atomic E-state index is 12.4. The molecule has 6 heteroatoms. The summed E-state index contributed by atoms with van der Waals surface area (Å²) in [4.78, 5) is 3.43. The zero-order valence-electron chi connectivity index (χ0n) is 6.77. The highest BCUT2D eigenvalue weighted by molar-refractivity contribution is 9.08. The Balaban J connectivity index is 3.43. The second-order valence-corrected chi connectivity index (χ2v) is 3.36. The van der Waals surface area contributed by atoms with Gasteiger partial charge in [-0.15, -0.1) is 0 Å². The predicted octanol–water partition coefficient (Wildman–Crippen LogP) is 3.44. The molecule has 0 unspecified atom stereocenters. The summed E-state index contributed by atoms with van der Waals surface area (Å²) in [5.41, 5.74) is -0.324. The molecule has 0 aliphatic carbocycles. The maximum absolute atomic E-state index is 12.4. The summed E-state index contributed by atoms with van der Waals surface area (Å²) in [6.45, 7) is 0. The number of nitriles is 1. The van der Waals surface area contributed by atoms with Crippen LogP contribution in [0, 0.1) is 11.3 Å². The van der Waals surface area contributed by atoms with E-state index in [1.165, 1.54) is 0 Å². The number of hydrogen-bond donors (Lipinski definition) is 0. The van der Waals surface area contributed by atoms with Crippen LogP contribution < -0.4 is 0 Å². The van der Waals surface area contributed by atoms with Crippen LogP contribution in [0.2, 0.25) is 5.02 Å². The van der Waals surface area contributed by atoms with Crippen molar-refractivity contribution in [1.29, 1.82) is 5.26 Å². The Morgan fingerprint density at radius 2 is 2.29 bits per heavy atom. The van der Waals surface area contributed by atoms with Crippen LogP contribution in [0.1, 0.15) is 23.2 Å². The fourth-order valence-corrected chi connectivity index (χ4v) is 1.92. The van der Waals surface area contributed by atoms with E-state index in [4.69, 9.17) is 16.9 Å². The Hall–Kier alpha value is -0.730. The van der Waals surface area contributed by atoms with E-state index in [1.54, 1.807) is 6.07 Å². The first-order valence-electron chi connectivity index (χ1n) is 3.53. The molecule has 0 aliphatic heterocycles. The van der Waals surface area contributed by atoms with Crippen molar-refractivity contribution >= 4 is 27.5 Å². The molecule has 0 aromatic carbocycles. The molecule has 1 aromatic rings. The van der Waals surface area contributed by atoms with E-state index in [9.17, 15) is 8.78 Å². The average molecular weight is 281 g/mol. The van der Waals surface area contributed by atoms with Gasteiger partial charge in [-0.25, -0.2) is 8.78 Å². The standard InChI is InChI=1S/C8H4BrClF2N2/c9-1-4-5(2-13)7(8(11)12)14-3-6(4)10/h3,8H,1H2. The molecular formula is C8H4BrClF2N2. The minimum absolute atomic E-state index is 0.149. The molecule has 0 fully saturated rings. The smallest absolute Gasteiger partial charge is 0.252 e. The number of aromatic nitrogens is 1. The number of halogens is 4. The molecule has 1 heterocycles. The topological polar surface area (TPSA) is 36.7 Å². The fourth-order valence-electron chi connectivity index (χ4n) is 0.964. The van der Waals surface area contributed by atoms with Gasteiger partial charge in [-0.3, -0.25) is 4.98 Å². The van der Waals surface area contributed by atoms with Crippen LogP contribution in [0.3, 0.4) is 0 Å². The van der Waals surface area contributed by atoms with Crippen LogP contribution in [0.25, 0.3) is 0 Å². The summed E-state index contributed by atoms with van der Waals surface area (Å²) < 4.78 is 24.8. The molecule has 74 valence electrons. The Labute approximate surface area is 92.6 Å². The van der Waals surface area contributed by atoms with E-state index in [0.29, 0.717) is 5.56 Å². The van der Waals surface area contributed by atoms with E-state index < -0.39 is 12.1 Å². The van der Waals surface area contributed by atoms with Crippen molar-refractivity contribution in [3.8, 4) is 6.07 Å². The quantitative estimate of drug-likeness (QED) is 0.779. The third-order valence-electron chi connectivity index (χ3n) is 1.62. The summed E-state index contributed by atoms with van der Waals surface area (Å²) in [6, 6.07) is 1.68. The van der Waals surface area contributed by atoms with Gasteiger partial charge in [0.15, 0.2) is 0 Å². The molecule has 0 N–H and O–H groups in total. The van der Waals surface area contributed by atoms with Gasteiger partial charge >= 0.3 is 0 Å². The lowest BCUT2D eigenvalue weighted by Crippen LogP contribution is -2.00. The molecular weight excluding hydrogens is 277 g/mol. The molecule has 0 spiro atoms. The van der Waals surface area contributed by atoms with Gasteiger partial charge in [0.05, 0.1) is 10.6 Å². The molecule has 14 heavy (non-hydrogen) atoms. The van der Waals surface area contributed by atoms with E-state index >= 15 is 0 Å². The molecule has 0 bridgehead atoms. The van der Waals surface area contributed by atoms with Crippen molar-refractivity contribution in [2.75, 3.05) is 0 Å². The zero-order valence-corrected chi connectivity index (χ0v) is 9.11. The molecule has 0 saturated heterocycles. The van der Waals surface area contributed by atoms with Crippen LogP contribution in [0.4, 0.5) is 8.78 Å². The van der Waals surface area contributed by atoms with Gasteiger partial charge < -0.3 is 0 Å². The zero-order chi connectivity index (χ0) is 10.7. The van der Waals surface area contributed by atoms with Gasteiger partial charge in [0.1, 0.15) is 11.8 Å². The molecule has 2 nitrogen and oxygen atoms in total. The average Bonchev–Trinajstić information content (AvgIpc) is 2.16. The Bertz CT molecular complexity index is 390. The summed E-state index contributed by atoms with van der Waals surface area (Å²) in [7, 11) is 0. The number of nitrogens with zero attached hydrogens (tertiary/aromatic N) is 2. The highest BCUT2D eigenvalue weighted by Crippen LogP contribution is 2.28. The van der Waals surface area contributed by atoms with Crippen molar-refractivity contribution in [3.05, 3.63) is 28.0 Å². The first kappa shape index (κ1) is 11.3. The molecule has 0 radical (unpaired) electrons. The number of alkyl halides is 3. The van der Waals surface area contributed by atoms with Gasteiger partial charge in [-0.05, 0) is 0 Å². The Kier molecular flexibility index (Phi) is 3.78. The molecule has 0 amide bonds. The summed E-state index contributed by atoms with van der Waals surface area (Å²) >= 11 is 8.77. The Morgan fingerprint density at radius 1 is 1.64 bits per heavy atom. The lowest BCUT2D eigenvalue weighted by molar-refractivity contribution is 0.145. The summed E-state index contributed by atoms with van der Waals surface area (Å²) in [6.07, 6.45) is -1.64. The predicted molar refractivity (Wildman–Crippen MR) is 51.6 cm³/mol. The minimum atomic E-state index is -2.76. The second kappa shape index (κ2) is 4.67. The van der Waals surface area contributed by atoms with Crippen LogP contribution >= 0.6 is 27.5 Å². The second-order valence-electron chi connectivity index (χ2n) is 2.39. The van der Waals surface area contributed by atoms with Crippen molar-refractivity contribution in [1.82, 2.24) is 4.98 Å². The van der Waals surface area contributed by atoms with Crippen LogP contribution in [0.15, 0.2) is 6.20 Å². The van der Waals surface area contributed by atoms with E-state index in [0.717, 1.165) is 6.20 Å². The van der Waals surface area contributed by atoms with Crippen LogP contribution in [-0.4, -0.2) is 4.98 Å². The molecule has 0 aliphatic rings. The van der Waals surface area contributed by atoms with Crippen LogP contribution in [-0.2, 0) is 5.33 Å². The van der Waals surface area contributed by atoms with Crippen molar-refractivity contribution < 1.29 is 8.78 Å². The van der Waals surface area contributed by atoms with Gasteiger partial charge in [0.2, 0.25) is 0 Å². The largest absolute Gasteiger partial charge is 0.281 e. The molecule has 0 saturated carbocycles. The number of pyridine rings is 1. The molecule has 1 rings (SSSR count). The maximum Gasteiger partial charge on any atom is 0.281 e. The van der Waals surface area contributed by atoms with Gasteiger partial charge in [0, 0.05) is 17.1 Å². The van der Waals surface area contributed by atoms with Gasteiger partial charge in [0.25, 0.3) is 6.43 Å². The van der Waals surface area contributed by atoms with Crippen molar-refractivity contribution in [2.24, 2.45) is 0 Å². The monoisotopic (exact) mass is 280 g/mol. The van der Waals surface area contributed by atoms with E-state index in [1.807, 2.05) is 0 Å². The third-order valence-corrected chi connectivity index (χ3v) is 2.50. The fraction of sp³-hybridized carbons (Fsp3) is 0.250. The minimum Gasteiger partial charge on any atom is -0.252 e. The summed E-state index contributed by atoms with van der Waals surface area (Å²) in [5.74, 6) is 0. The van der Waals surface area contributed by atoms with Gasteiger partial charge in [-0.2, -0.15) is 5.26 Å².